The summed E-state index contributed by atoms with van der Waals surface area (Å²) >= 11 is 1.25. The Kier molecular flexibility index (Phi) is 6.13. The molecule has 0 aliphatic heterocycles. The highest BCUT2D eigenvalue weighted by atomic mass is 32.1. The van der Waals surface area contributed by atoms with Crippen LogP contribution in [0.5, 0.6) is 5.75 Å². The van der Waals surface area contributed by atoms with E-state index in [1.54, 1.807) is 13.2 Å². The van der Waals surface area contributed by atoms with Crippen molar-refractivity contribution in [1.82, 2.24) is 10.6 Å². The SMILES string of the molecule is CNC(=O)[C@H](CC(N)=O)NC(=O)c1cc(-c2ccc(OC)cc2)cs1. The fourth-order valence-corrected chi connectivity index (χ4v) is 3.02. The van der Waals surface area contributed by atoms with Gasteiger partial charge in [-0.3, -0.25) is 14.4 Å². The van der Waals surface area contributed by atoms with Gasteiger partial charge in [-0.1, -0.05) is 12.1 Å². The van der Waals surface area contributed by atoms with Crippen molar-refractivity contribution in [2.24, 2.45) is 5.73 Å². The van der Waals surface area contributed by atoms with Gasteiger partial charge in [0.1, 0.15) is 11.8 Å². The molecule has 4 N–H and O–H groups in total. The Labute approximate surface area is 149 Å². The topological polar surface area (TPSA) is 111 Å². The van der Waals surface area contributed by atoms with E-state index in [1.807, 2.05) is 29.6 Å². The third-order valence-electron chi connectivity index (χ3n) is 3.52. The number of methoxy groups -OCH3 is 1. The van der Waals surface area contributed by atoms with Gasteiger partial charge in [-0.25, -0.2) is 0 Å². The molecule has 2 aromatic rings. The molecule has 0 fully saturated rings. The van der Waals surface area contributed by atoms with E-state index < -0.39 is 23.8 Å². The van der Waals surface area contributed by atoms with Crippen molar-refractivity contribution < 1.29 is 19.1 Å². The van der Waals surface area contributed by atoms with E-state index in [0.717, 1.165) is 16.9 Å². The van der Waals surface area contributed by atoms with Crippen LogP contribution in [0.15, 0.2) is 35.7 Å². The molecule has 0 aliphatic rings. The minimum Gasteiger partial charge on any atom is -0.497 e. The molecule has 132 valence electrons. The Hall–Kier alpha value is -2.87. The van der Waals surface area contributed by atoms with Gasteiger partial charge in [0.2, 0.25) is 11.8 Å². The van der Waals surface area contributed by atoms with Crippen LogP contribution in [-0.2, 0) is 9.59 Å². The largest absolute Gasteiger partial charge is 0.497 e. The van der Waals surface area contributed by atoms with E-state index in [0.29, 0.717) is 4.88 Å². The number of amides is 3. The van der Waals surface area contributed by atoms with Gasteiger partial charge in [0.15, 0.2) is 0 Å². The van der Waals surface area contributed by atoms with E-state index in [1.165, 1.54) is 18.4 Å². The summed E-state index contributed by atoms with van der Waals surface area (Å²) in [7, 11) is 3.02. The molecule has 0 aliphatic carbocycles. The first-order chi connectivity index (χ1) is 11.9. The van der Waals surface area contributed by atoms with Crippen LogP contribution in [0, 0.1) is 0 Å². The second-order valence-corrected chi connectivity index (χ2v) is 6.15. The van der Waals surface area contributed by atoms with E-state index in [9.17, 15) is 14.4 Å². The summed E-state index contributed by atoms with van der Waals surface area (Å²) < 4.78 is 5.12. The van der Waals surface area contributed by atoms with E-state index in [4.69, 9.17) is 10.5 Å². The minimum atomic E-state index is -0.999. The number of benzene rings is 1. The number of carbonyl (C=O) groups excluding carboxylic acids is 3. The molecule has 7 nitrogen and oxygen atoms in total. The Balaban J connectivity index is 2.12. The van der Waals surface area contributed by atoms with Crippen LogP contribution in [0.25, 0.3) is 11.1 Å². The van der Waals surface area contributed by atoms with Crippen molar-refractivity contribution in [3.05, 3.63) is 40.6 Å². The van der Waals surface area contributed by atoms with Crippen LogP contribution < -0.4 is 21.1 Å². The van der Waals surface area contributed by atoms with E-state index in [-0.39, 0.29) is 6.42 Å². The molecule has 8 heteroatoms. The van der Waals surface area contributed by atoms with E-state index in [2.05, 4.69) is 10.6 Å². The number of likely N-dealkylation sites (N-methyl/N-ethyl adjacent to an activating group) is 1. The van der Waals surface area contributed by atoms with Crippen molar-refractivity contribution in [3.8, 4) is 16.9 Å². The number of carbonyl (C=O) groups is 3. The average Bonchev–Trinajstić information content (AvgIpc) is 3.10. The van der Waals surface area contributed by atoms with Gasteiger partial charge >= 0.3 is 0 Å². The van der Waals surface area contributed by atoms with Crippen molar-refractivity contribution >= 4 is 29.1 Å². The molecule has 0 saturated heterocycles. The van der Waals surface area contributed by atoms with Gasteiger partial charge < -0.3 is 21.1 Å². The molecule has 0 unspecified atom stereocenters. The smallest absolute Gasteiger partial charge is 0.262 e. The predicted molar refractivity (Wildman–Crippen MR) is 95.4 cm³/mol. The number of hydrogen-bond donors (Lipinski definition) is 3. The van der Waals surface area contributed by atoms with E-state index >= 15 is 0 Å². The highest BCUT2D eigenvalue weighted by Gasteiger charge is 2.23. The lowest BCUT2D eigenvalue weighted by Gasteiger charge is -2.15. The lowest BCUT2D eigenvalue weighted by atomic mass is 10.1. The summed E-state index contributed by atoms with van der Waals surface area (Å²) in [6.45, 7) is 0. The maximum Gasteiger partial charge on any atom is 0.262 e. The fraction of sp³-hybridized carbons (Fsp3) is 0.235. The summed E-state index contributed by atoms with van der Waals surface area (Å²) in [4.78, 5) is 35.6. The monoisotopic (exact) mass is 361 g/mol. The molecule has 0 radical (unpaired) electrons. The quantitative estimate of drug-likeness (QED) is 0.687. The normalized spacial score (nSPS) is 11.4. The van der Waals surface area contributed by atoms with Crippen LogP contribution in [0.4, 0.5) is 0 Å². The maximum atomic E-state index is 12.3. The maximum absolute atomic E-state index is 12.3. The van der Waals surface area contributed by atoms with Crippen molar-refractivity contribution in [1.29, 1.82) is 0 Å². The highest BCUT2D eigenvalue weighted by Crippen LogP contribution is 2.27. The number of ether oxygens (including phenoxy) is 1. The highest BCUT2D eigenvalue weighted by molar-refractivity contribution is 7.12. The Morgan fingerprint density at radius 1 is 1.20 bits per heavy atom. The summed E-state index contributed by atoms with van der Waals surface area (Å²) in [5.41, 5.74) is 6.95. The van der Waals surface area contributed by atoms with Crippen LogP contribution in [0.3, 0.4) is 0 Å². The van der Waals surface area contributed by atoms with Crippen LogP contribution in [0.2, 0.25) is 0 Å². The van der Waals surface area contributed by atoms with Gasteiger partial charge in [0.25, 0.3) is 5.91 Å². The molecule has 3 amide bonds. The first kappa shape index (κ1) is 18.5. The molecule has 0 spiro atoms. The van der Waals surface area contributed by atoms with Crippen molar-refractivity contribution in [2.45, 2.75) is 12.5 Å². The summed E-state index contributed by atoms with van der Waals surface area (Å²) in [5, 5.41) is 6.78. The van der Waals surface area contributed by atoms with Gasteiger partial charge in [-0.15, -0.1) is 11.3 Å². The average molecular weight is 361 g/mol. The van der Waals surface area contributed by atoms with Gasteiger partial charge in [0.05, 0.1) is 18.4 Å². The van der Waals surface area contributed by atoms with Crippen molar-refractivity contribution in [3.63, 3.8) is 0 Å². The molecule has 1 heterocycles. The fourth-order valence-electron chi connectivity index (χ4n) is 2.20. The standard InChI is InChI=1S/C17H19N3O4S/c1-19-16(22)13(8-15(18)21)20-17(23)14-7-11(9-25-14)10-3-5-12(24-2)6-4-10/h3-7,9,13H,8H2,1-2H3,(H2,18,21)(H,19,22)(H,20,23)/t13-/m0/s1. The minimum absolute atomic E-state index is 0.262. The number of nitrogens with one attached hydrogen (secondary N) is 2. The molecule has 0 bridgehead atoms. The molecule has 2 rings (SSSR count). The Morgan fingerprint density at radius 2 is 1.88 bits per heavy atom. The second kappa shape index (κ2) is 8.29. The molecule has 1 atom stereocenters. The number of nitrogens with two attached hydrogens (primary N) is 1. The molecule has 1 aromatic carbocycles. The summed E-state index contributed by atoms with van der Waals surface area (Å²) in [6.07, 6.45) is -0.262. The lowest BCUT2D eigenvalue weighted by molar-refractivity contribution is -0.126. The van der Waals surface area contributed by atoms with Gasteiger partial charge in [-0.2, -0.15) is 0 Å². The van der Waals surface area contributed by atoms with Crippen LogP contribution in [0.1, 0.15) is 16.1 Å². The van der Waals surface area contributed by atoms with Crippen LogP contribution in [-0.4, -0.2) is 37.9 Å². The molecule has 0 saturated carbocycles. The zero-order valence-corrected chi connectivity index (χ0v) is 14.7. The molecular weight excluding hydrogens is 342 g/mol. The number of hydrogen-bond acceptors (Lipinski definition) is 5. The lowest BCUT2D eigenvalue weighted by Crippen LogP contribution is -2.47. The zero-order valence-electron chi connectivity index (χ0n) is 13.9. The number of primary amides is 1. The molecule has 1 aromatic heterocycles. The summed E-state index contributed by atoms with van der Waals surface area (Å²) in [6, 6.07) is 8.18. The van der Waals surface area contributed by atoms with Gasteiger partial charge in [-0.05, 0) is 34.7 Å². The first-order valence-electron chi connectivity index (χ1n) is 7.48. The third-order valence-corrected chi connectivity index (χ3v) is 4.45. The Morgan fingerprint density at radius 3 is 2.44 bits per heavy atom. The van der Waals surface area contributed by atoms with Crippen molar-refractivity contribution in [2.75, 3.05) is 14.2 Å². The zero-order chi connectivity index (χ0) is 18.4. The molecule has 25 heavy (non-hydrogen) atoms. The third kappa shape index (κ3) is 4.80. The molecular formula is C17H19N3O4S. The number of thiophene rings is 1. The number of rotatable bonds is 7. The predicted octanol–water partition coefficient (Wildman–Crippen LogP) is 1.14. The first-order valence-corrected chi connectivity index (χ1v) is 8.36. The van der Waals surface area contributed by atoms with Gasteiger partial charge in [0, 0.05) is 7.05 Å². The Bertz CT molecular complexity index is 770. The second-order valence-electron chi connectivity index (χ2n) is 5.24. The summed E-state index contributed by atoms with van der Waals surface area (Å²) in [5.74, 6) is -0.825. The van der Waals surface area contributed by atoms with Crippen LogP contribution >= 0.6 is 11.3 Å².